The molecule has 4 nitrogen and oxygen atoms in total. The SMILES string of the molecule is CN=C(NC)NCc1nccs1. The van der Waals surface area contributed by atoms with Crippen molar-refractivity contribution in [2.75, 3.05) is 14.1 Å². The van der Waals surface area contributed by atoms with Crippen molar-refractivity contribution >= 4 is 17.3 Å². The third-order valence-corrected chi connectivity index (χ3v) is 2.13. The summed E-state index contributed by atoms with van der Waals surface area (Å²) in [6.07, 6.45) is 1.80. The molecule has 1 heterocycles. The van der Waals surface area contributed by atoms with Crippen LogP contribution in [-0.4, -0.2) is 25.0 Å². The normalized spacial score (nSPS) is 11.3. The minimum atomic E-state index is 0.727. The second-order valence-electron chi connectivity index (χ2n) is 2.10. The summed E-state index contributed by atoms with van der Waals surface area (Å²) in [5, 5.41) is 9.06. The van der Waals surface area contributed by atoms with Crippen LogP contribution in [0.1, 0.15) is 5.01 Å². The third kappa shape index (κ3) is 2.50. The first-order valence-corrected chi connectivity index (χ1v) is 4.51. The molecule has 0 aromatic carbocycles. The standard InChI is InChI=1S/C7H12N4S/c1-8-7(9-2)11-5-6-10-3-4-12-6/h3-4H,5H2,1-2H3,(H2,8,9,11). The van der Waals surface area contributed by atoms with E-state index in [-0.39, 0.29) is 0 Å². The predicted octanol–water partition coefficient (Wildman–Crippen LogP) is 0.438. The Morgan fingerprint density at radius 2 is 2.58 bits per heavy atom. The molecule has 1 aromatic rings. The van der Waals surface area contributed by atoms with Crippen molar-refractivity contribution < 1.29 is 0 Å². The highest BCUT2D eigenvalue weighted by Crippen LogP contribution is 2.01. The number of thiazole rings is 1. The molecule has 1 rings (SSSR count). The largest absolute Gasteiger partial charge is 0.359 e. The molecule has 0 aliphatic carbocycles. The van der Waals surface area contributed by atoms with E-state index in [9.17, 15) is 0 Å². The Labute approximate surface area is 75.7 Å². The molecule has 0 fully saturated rings. The van der Waals surface area contributed by atoms with Gasteiger partial charge in [0.2, 0.25) is 0 Å². The van der Waals surface area contributed by atoms with Crippen LogP contribution < -0.4 is 10.6 Å². The maximum atomic E-state index is 4.13. The molecule has 2 N–H and O–H groups in total. The minimum absolute atomic E-state index is 0.727. The molecular formula is C7H12N4S. The molecule has 0 amide bonds. The highest BCUT2D eigenvalue weighted by Gasteiger charge is 1.95. The topological polar surface area (TPSA) is 49.3 Å². The summed E-state index contributed by atoms with van der Waals surface area (Å²) in [5.41, 5.74) is 0. The van der Waals surface area contributed by atoms with E-state index in [1.165, 1.54) is 0 Å². The molecule has 0 radical (unpaired) electrons. The minimum Gasteiger partial charge on any atom is -0.359 e. The van der Waals surface area contributed by atoms with Gasteiger partial charge >= 0.3 is 0 Å². The fourth-order valence-corrected chi connectivity index (χ4v) is 1.33. The van der Waals surface area contributed by atoms with Crippen molar-refractivity contribution in [1.82, 2.24) is 15.6 Å². The lowest BCUT2D eigenvalue weighted by atomic mass is 10.6. The van der Waals surface area contributed by atoms with Crippen molar-refractivity contribution in [3.63, 3.8) is 0 Å². The van der Waals surface area contributed by atoms with Gasteiger partial charge in [-0.1, -0.05) is 0 Å². The average Bonchev–Trinajstić information content (AvgIpc) is 2.59. The van der Waals surface area contributed by atoms with Crippen molar-refractivity contribution in [2.45, 2.75) is 6.54 Å². The second-order valence-corrected chi connectivity index (χ2v) is 3.08. The average molecular weight is 184 g/mol. The number of aromatic nitrogens is 1. The number of nitrogens with zero attached hydrogens (tertiary/aromatic N) is 2. The van der Waals surface area contributed by atoms with Gasteiger partial charge in [-0.15, -0.1) is 11.3 Å². The fraction of sp³-hybridized carbons (Fsp3) is 0.429. The Balaban J connectivity index is 2.35. The van der Waals surface area contributed by atoms with Gasteiger partial charge in [0.15, 0.2) is 5.96 Å². The van der Waals surface area contributed by atoms with Crippen LogP contribution in [0.15, 0.2) is 16.6 Å². The Bertz CT molecular complexity index is 242. The number of nitrogens with one attached hydrogen (secondary N) is 2. The highest BCUT2D eigenvalue weighted by molar-refractivity contribution is 7.09. The van der Waals surface area contributed by atoms with E-state index in [2.05, 4.69) is 20.6 Å². The van der Waals surface area contributed by atoms with Gasteiger partial charge in [0.1, 0.15) is 5.01 Å². The lowest BCUT2D eigenvalue weighted by Gasteiger charge is -2.05. The van der Waals surface area contributed by atoms with Crippen LogP contribution >= 0.6 is 11.3 Å². The first-order chi connectivity index (χ1) is 5.86. The Morgan fingerprint density at radius 1 is 1.75 bits per heavy atom. The van der Waals surface area contributed by atoms with Crippen LogP contribution in [0.5, 0.6) is 0 Å². The number of aliphatic imine (C=N–C) groups is 1. The second kappa shape index (κ2) is 4.71. The van der Waals surface area contributed by atoms with Crippen LogP contribution in [0.2, 0.25) is 0 Å². The summed E-state index contributed by atoms with van der Waals surface area (Å²) < 4.78 is 0. The molecule has 5 heteroatoms. The van der Waals surface area contributed by atoms with Gasteiger partial charge < -0.3 is 10.6 Å². The number of rotatable bonds is 2. The maximum absolute atomic E-state index is 4.13. The van der Waals surface area contributed by atoms with Gasteiger partial charge in [-0.2, -0.15) is 0 Å². The zero-order valence-electron chi connectivity index (χ0n) is 7.16. The number of guanidine groups is 1. The van der Waals surface area contributed by atoms with E-state index in [0.717, 1.165) is 17.5 Å². The molecule has 1 aromatic heterocycles. The van der Waals surface area contributed by atoms with E-state index >= 15 is 0 Å². The smallest absolute Gasteiger partial charge is 0.191 e. The van der Waals surface area contributed by atoms with E-state index in [1.54, 1.807) is 24.6 Å². The maximum Gasteiger partial charge on any atom is 0.191 e. The van der Waals surface area contributed by atoms with Gasteiger partial charge in [-0.3, -0.25) is 4.99 Å². The van der Waals surface area contributed by atoms with Crippen LogP contribution in [0.4, 0.5) is 0 Å². The molecular weight excluding hydrogens is 172 g/mol. The van der Waals surface area contributed by atoms with E-state index in [1.807, 2.05) is 12.4 Å². The summed E-state index contributed by atoms with van der Waals surface area (Å²) in [7, 11) is 3.57. The Kier molecular flexibility index (Phi) is 3.53. The molecule has 0 aliphatic heterocycles. The molecule has 0 bridgehead atoms. The third-order valence-electron chi connectivity index (χ3n) is 1.35. The van der Waals surface area contributed by atoms with Gasteiger partial charge in [-0.25, -0.2) is 4.98 Å². The zero-order chi connectivity index (χ0) is 8.81. The summed E-state index contributed by atoms with van der Waals surface area (Å²) in [5.74, 6) is 0.783. The molecule has 0 aliphatic rings. The first kappa shape index (κ1) is 8.99. The van der Waals surface area contributed by atoms with Gasteiger partial charge in [0.05, 0.1) is 6.54 Å². The summed E-state index contributed by atoms with van der Waals surface area (Å²) in [6.45, 7) is 0.727. The molecule has 0 saturated heterocycles. The van der Waals surface area contributed by atoms with Crippen LogP contribution in [0.25, 0.3) is 0 Å². The van der Waals surface area contributed by atoms with E-state index in [4.69, 9.17) is 0 Å². The number of hydrogen-bond donors (Lipinski definition) is 2. The predicted molar refractivity (Wildman–Crippen MR) is 51.4 cm³/mol. The highest BCUT2D eigenvalue weighted by atomic mass is 32.1. The summed E-state index contributed by atoms with van der Waals surface area (Å²) in [6, 6.07) is 0. The monoisotopic (exact) mass is 184 g/mol. The lowest BCUT2D eigenvalue weighted by Crippen LogP contribution is -2.33. The molecule has 0 spiro atoms. The molecule has 0 saturated carbocycles. The summed E-state index contributed by atoms with van der Waals surface area (Å²) >= 11 is 1.63. The summed E-state index contributed by atoms with van der Waals surface area (Å²) in [4.78, 5) is 8.11. The van der Waals surface area contributed by atoms with Crippen molar-refractivity contribution in [1.29, 1.82) is 0 Å². The number of hydrogen-bond acceptors (Lipinski definition) is 3. The fourth-order valence-electron chi connectivity index (χ4n) is 0.779. The van der Waals surface area contributed by atoms with Gasteiger partial charge in [0, 0.05) is 25.7 Å². The van der Waals surface area contributed by atoms with Crippen LogP contribution in [0.3, 0.4) is 0 Å². The van der Waals surface area contributed by atoms with Crippen LogP contribution in [-0.2, 0) is 6.54 Å². The molecule has 0 atom stereocenters. The lowest BCUT2D eigenvalue weighted by molar-refractivity contribution is 0.857. The van der Waals surface area contributed by atoms with Crippen molar-refractivity contribution in [3.05, 3.63) is 16.6 Å². The van der Waals surface area contributed by atoms with Crippen LogP contribution in [0, 0.1) is 0 Å². The quantitative estimate of drug-likeness (QED) is 0.518. The Morgan fingerprint density at radius 3 is 3.08 bits per heavy atom. The van der Waals surface area contributed by atoms with E-state index in [0.29, 0.717) is 0 Å². The van der Waals surface area contributed by atoms with Gasteiger partial charge in [-0.05, 0) is 0 Å². The molecule has 0 unspecified atom stereocenters. The van der Waals surface area contributed by atoms with E-state index < -0.39 is 0 Å². The molecule has 66 valence electrons. The van der Waals surface area contributed by atoms with Gasteiger partial charge in [0.25, 0.3) is 0 Å². The molecule has 12 heavy (non-hydrogen) atoms. The first-order valence-electron chi connectivity index (χ1n) is 3.63. The van der Waals surface area contributed by atoms with Crippen molar-refractivity contribution in [2.24, 2.45) is 4.99 Å². The Hall–Kier alpha value is -1.10. The van der Waals surface area contributed by atoms with Crippen molar-refractivity contribution in [3.8, 4) is 0 Å². The zero-order valence-corrected chi connectivity index (χ0v) is 7.98.